The van der Waals surface area contributed by atoms with E-state index in [0.717, 1.165) is 17.9 Å². The lowest BCUT2D eigenvalue weighted by molar-refractivity contribution is -0.130. The van der Waals surface area contributed by atoms with Crippen molar-refractivity contribution in [3.63, 3.8) is 0 Å². The second-order valence-corrected chi connectivity index (χ2v) is 6.74. The standard InChI is InChI=1S/C15H21ClN2OS/c1-10(9-20-3)8-18-14(17-11(2)15(18)19)12-4-6-13(16)7-5-12/h4-7,10-11,14,17H,8-9H2,1-3H3. The Kier molecular flexibility index (Phi) is 5.35. The maximum atomic E-state index is 12.3. The Balaban J connectivity index is 2.17. The molecular formula is C15H21ClN2OS. The molecule has 0 aliphatic carbocycles. The van der Waals surface area contributed by atoms with Gasteiger partial charge in [-0.3, -0.25) is 10.1 Å². The van der Waals surface area contributed by atoms with Gasteiger partial charge in [-0.2, -0.15) is 11.8 Å². The van der Waals surface area contributed by atoms with Crippen molar-refractivity contribution in [1.29, 1.82) is 0 Å². The number of hydrogen-bond acceptors (Lipinski definition) is 3. The number of nitrogens with zero attached hydrogens (tertiary/aromatic N) is 1. The van der Waals surface area contributed by atoms with Gasteiger partial charge in [-0.05, 0) is 42.5 Å². The van der Waals surface area contributed by atoms with Crippen LogP contribution in [0.15, 0.2) is 24.3 Å². The first-order valence-corrected chi connectivity index (χ1v) is 8.61. The van der Waals surface area contributed by atoms with E-state index in [1.54, 1.807) is 0 Å². The van der Waals surface area contributed by atoms with Crippen molar-refractivity contribution in [3.05, 3.63) is 34.9 Å². The first-order valence-electron chi connectivity index (χ1n) is 6.84. The number of amides is 1. The Labute approximate surface area is 130 Å². The van der Waals surface area contributed by atoms with Crippen LogP contribution in [0, 0.1) is 5.92 Å². The molecule has 3 nitrogen and oxygen atoms in total. The van der Waals surface area contributed by atoms with Crippen molar-refractivity contribution in [1.82, 2.24) is 10.2 Å². The molecule has 0 bridgehead atoms. The number of carbonyl (C=O) groups is 1. The summed E-state index contributed by atoms with van der Waals surface area (Å²) < 4.78 is 0. The maximum absolute atomic E-state index is 12.3. The molecular weight excluding hydrogens is 292 g/mol. The highest BCUT2D eigenvalue weighted by atomic mass is 35.5. The van der Waals surface area contributed by atoms with Crippen LogP contribution in [0.5, 0.6) is 0 Å². The molecule has 1 saturated heterocycles. The van der Waals surface area contributed by atoms with Gasteiger partial charge < -0.3 is 4.90 Å². The molecule has 0 aromatic heterocycles. The van der Waals surface area contributed by atoms with Gasteiger partial charge in [0.05, 0.1) is 6.04 Å². The van der Waals surface area contributed by atoms with Crippen LogP contribution in [-0.2, 0) is 4.79 Å². The van der Waals surface area contributed by atoms with E-state index in [1.165, 1.54) is 0 Å². The fraction of sp³-hybridized carbons (Fsp3) is 0.533. The number of halogens is 1. The summed E-state index contributed by atoms with van der Waals surface area (Å²) in [6.07, 6.45) is 2.05. The Bertz CT molecular complexity index is 465. The van der Waals surface area contributed by atoms with Crippen molar-refractivity contribution < 1.29 is 4.79 Å². The number of hydrogen-bond donors (Lipinski definition) is 1. The van der Waals surface area contributed by atoms with E-state index in [0.29, 0.717) is 10.9 Å². The highest BCUT2D eigenvalue weighted by Crippen LogP contribution is 2.27. The second kappa shape index (κ2) is 6.83. The minimum atomic E-state index is -0.128. The van der Waals surface area contributed by atoms with Gasteiger partial charge in [-0.15, -0.1) is 0 Å². The van der Waals surface area contributed by atoms with Gasteiger partial charge in [0.2, 0.25) is 5.91 Å². The lowest BCUT2D eigenvalue weighted by atomic mass is 10.1. The number of carbonyl (C=O) groups excluding carboxylic acids is 1. The summed E-state index contributed by atoms with van der Waals surface area (Å²) in [5.74, 6) is 1.72. The molecule has 110 valence electrons. The Morgan fingerprint density at radius 3 is 2.65 bits per heavy atom. The quantitative estimate of drug-likeness (QED) is 0.906. The smallest absolute Gasteiger partial charge is 0.241 e. The molecule has 0 radical (unpaired) electrons. The molecule has 5 heteroatoms. The fourth-order valence-electron chi connectivity index (χ4n) is 2.56. The first-order chi connectivity index (χ1) is 9.52. The van der Waals surface area contributed by atoms with Crippen molar-refractivity contribution in [2.24, 2.45) is 5.92 Å². The molecule has 20 heavy (non-hydrogen) atoms. The largest absolute Gasteiger partial charge is 0.321 e. The summed E-state index contributed by atoms with van der Waals surface area (Å²) in [5, 5.41) is 4.08. The summed E-state index contributed by atoms with van der Waals surface area (Å²) in [4.78, 5) is 14.3. The Morgan fingerprint density at radius 2 is 2.05 bits per heavy atom. The third-order valence-electron chi connectivity index (χ3n) is 3.52. The topological polar surface area (TPSA) is 32.3 Å². The Morgan fingerprint density at radius 1 is 1.40 bits per heavy atom. The molecule has 3 atom stereocenters. The van der Waals surface area contributed by atoms with Crippen molar-refractivity contribution >= 4 is 29.3 Å². The Hall–Kier alpha value is -0.710. The van der Waals surface area contributed by atoms with E-state index in [2.05, 4.69) is 18.5 Å². The van der Waals surface area contributed by atoms with Gasteiger partial charge in [-0.1, -0.05) is 30.7 Å². The van der Waals surface area contributed by atoms with Gasteiger partial charge in [-0.25, -0.2) is 0 Å². The molecule has 1 fully saturated rings. The summed E-state index contributed by atoms with van der Waals surface area (Å²) in [7, 11) is 0. The van der Waals surface area contributed by atoms with Crippen LogP contribution < -0.4 is 5.32 Å². The molecule has 0 saturated carbocycles. The summed E-state index contributed by atoms with van der Waals surface area (Å²) >= 11 is 7.75. The molecule has 1 heterocycles. The van der Waals surface area contributed by atoms with E-state index in [-0.39, 0.29) is 18.1 Å². The van der Waals surface area contributed by atoms with E-state index < -0.39 is 0 Å². The van der Waals surface area contributed by atoms with Crippen molar-refractivity contribution in [3.8, 4) is 0 Å². The third-order valence-corrected chi connectivity index (χ3v) is 4.67. The van der Waals surface area contributed by atoms with Gasteiger partial charge in [0.25, 0.3) is 0 Å². The highest BCUT2D eigenvalue weighted by Gasteiger charge is 2.37. The average Bonchev–Trinajstić information content (AvgIpc) is 2.68. The van der Waals surface area contributed by atoms with Crippen LogP contribution in [0.3, 0.4) is 0 Å². The van der Waals surface area contributed by atoms with Crippen LogP contribution in [0.1, 0.15) is 25.6 Å². The minimum absolute atomic E-state index is 0.0425. The zero-order valence-electron chi connectivity index (χ0n) is 12.1. The van der Waals surface area contributed by atoms with Gasteiger partial charge in [0, 0.05) is 11.6 Å². The summed E-state index contributed by atoms with van der Waals surface area (Å²) in [6, 6.07) is 7.58. The van der Waals surface area contributed by atoms with E-state index in [4.69, 9.17) is 11.6 Å². The molecule has 0 spiro atoms. The normalized spacial score (nSPS) is 24.2. The van der Waals surface area contributed by atoms with Crippen LogP contribution in [-0.4, -0.2) is 35.4 Å². The lowest BCUT2D eigenvalue weighted by Gasteiger charge is -2.27. The van der Waals surface area contributed by atoms with Crippen molar-refractivity contribution in [2.45, 2.75) is 26.1 Å². The molecule has 3 unspecified atom stereocenters. The van der Waals surface area contributed by atoms with Crippen LogP contribution >= 0.6 is 23.4 Å². The second-order valence-electron chi connectivity index (χ2n) is 5.39. The summed E-state index contributed by atoms with van der Waals surface area (Å²) in [5.41, 5.74) is 1.09. The van der Waals surface area contributed by atoms with Gasteiger partial charge in [0.15, 0.2) is 0 Å². The molecule has 1 amide bonds. The van der Waals surface area contributed by atoms with Crippen LogP contribution in [0.2, 0.25) is 5.02 Å². The number of rotatable bonds is 5. The monoisotopic (exact) mass is 312 g/mol. The van der Waals surface area contributed by atoms with E-state index in [9.17, 15) is 4.79 Å². The van der Waals surface area contributed by atoms with Gasteiger partial charge in [0.1, 0.15) is 6.17 Å². The molecule has 2 rings (SSSR count). The van der Waals surface area contributed by atoms with Gasteiger partial charge >= 0.3 is 0 Å². The summed E-state index contributed by atoms with van der Waals surface area (Å²) in [6.45, 7) is 4.89. The predicted octanol–water partition coefficient (Wildman–Crippen LogP) is 3.16. The maximum Gasteiger partial charge on any atom is 0.241 e. The molecule has 1 aliphatic heterocycles. The number of thioether (sulfide) groups is 1. The lowest BCUT2D eigenvalue weighted by Crippen LogP contribution is -2.35. The molecule has 1 N–H and O–H groups in total. The highest BCUT2D eigenvalue weighted by molar-refractivity contribution is 7.98. The van der Waals surface area contributed by atoms with Crippen LogP contribution in [0.4, 0.5) is 0 Å². The fourth-order valence-corrected chi connectivity index (χ4v) is 3.36. The van der Waals surface area contributed by atoms with E-state index >= 15 is 0 Å². The number of nitrogens with one attached hydrogen (secondary N) is 1. The molecule has 1 aromatic rings. The predicted molar refractivity (Wildman–Crippen MR) is 86.0 cm³/mol. The third kappa shape index (κ3) is 3.48. The zero-order chi connectivity index (χ0) is 14.7. The molecule has 1 aromatic carbocycles. The average molecular weight is 313 g/mol. The number of benzene rings is 1. The first kappa shape index (κ1) is 15.7. The minimum Gasteiger partial charge on any atom is -0.321 e. The van der Waals surface area contributed by atoms with E-state index in [1.807, 2.05) is 47.9 Å². The van der Waals surface area contributed by atoms with Crippen molar-refractivity contribution in [2.75, 3.05) is 18.6 Å². The van der Waals surface area contributed by atoms with Crippen LogP contribution in [0.25, 0.3) is 0 Å². The zero-order valence-corrected chi connectivity index (χ0v) is 13.7. The molecule has 1 aliphatic rings. The SMILES string of the molecule is CSCC(C)CN1C(=O)C(C)NC1c1ccc(Cl)cc1.